The number of aldehydes is 1. The number of esters is 1. The maximum atomic E-state index is 12.1. The molecule has 0 bridgehead atoms. The van der Waals surface area contributed by atoms with E-state index in [0.717, 1.165) is 22.3 Å². The zero-order valence-corrected chi connectivity index (χ0v) is 15.0. The molecule has 1 aliphatic carbocycles. The standard InChI is InChI=1S/C21H21NO5/c1-26-20(24)11-10-14(12-23)22-21(25)27-13-19-17-8-4-2-6-15(17)16-7-3-5-9-18(16)19/h2-9,12,14,19H,10-11,13H2,1H3,(H,22,25)/t14-/m0/s1. The smallest absolute Gasteiger partial charge is 0.407 e. The lowest BCUT2D eigenvalue weighted by Gasteiger charge is -2.16. The average molecular weight is 367 g/mol. The number of rotatable bonds is 7. The van der Waals surface area contributed by atoms with Crippen LogP contribution < -0.4 is 5.32 Å². The molecule has 2 aromatic rings. The molecule has 0 unspecified atom stereocenters. The molecule has 0 radical (unpaired) electrons. The number of methoxy groups -OCH3 is 1. The first-order valence-electron chi connectivity index (χ1n) is 8.77. The van der Waals surface area contributed by atoms with Crippen LogP contribution in [0, 0.1) is 0 Å². The van der Waals surface area contributed by atoms with E-state index in [1.165, 1.54) is 7.11 Å². The van der Waals surface area contributed by atoms with E-state index in [-0.39, 0.29) is 25.4 Å². The second kappa shape index (κ2) is 8.49. The highest BCUT2D eigenvalue weighted by atomic mass is 16.5. The molecule has 1 aliphatic rings. The van der Waals surface area contributed by atoms with Crippen LogP contribution in [0.4, 0.5) is 4.79 Å². The van der Waals surface area contributed by atoms with Crippen LogP contribution >= 0.6 is 0 Å². The Hall–Kier alpha value is -3.15. The number of carbonyl (C=O) groups is 3. The maximum absolute atomic E-state index is 12.1. The molecular weight excluding hydrogens is 346 g/mol. The van der Waals surface area contributed by atoms with E-state index in [1.807, 2.05) is 36.4 Å². The van der Waals surface area contributed by atoms with Gasteiger partial charge in [0.1, 0.15) is 12.9 Å². The van der Waals surface area contributed by atoms with Gasteiger partial charge < -0.3 is 19.6 Å². The van der Waals surface area contributed by atoms with Crippen molar-refractivity contribution in [3.05, 3.63) is 59.7 Å². The number of alkyl carbamates (subject to hydrolysis) is 1. The minimum atomic E-state index is -0.792. The highest BCUT2D eigenvalue weighted by Crippen LogP contribution is 2.44. The van der Waals surface area contributed by atoms with Crippen LogP contribution in [0.1, 0.15) is 29.9 Å². The van der Waals surface area contributed by atoms with Gasteiger partial charge in [-0.1, -0.05) is 48.5 Å². The number of hydrogen-bond acceptors (Lipinski definition) is 5. The number of nitrogens with one attached hydrogen (secondary N) is 1. The highest BCUT2D eigenvalue weighted by Gasteiger charge is 2.29. The van der Waals surface area contributed by atoms with Crippen LogP contribution in [0.25, 0.3) is 11.1 Å². The highest BCUT2D eigenvalue weighted by molar-refractivity contribution is 5.79. The Morgan fingerprint density at radius 1 is 1.07 bits per heavy atom. The number of carbonyl (C=O) groups excluding carboxylic acids is 3. The molecule has 1 atom stereocenters. The molecule has 140 valence electrons. The maximum Gasteiger partial charge on any atom is 0.407 e. The van der Waals surface area contributed by atoms with E-state index >= 15 is 0 Å². The van der Waals surface area contributed by atoms with E-state index in [4.69, 9.17) is 4.74 Å². The Bertz CT molecular complexity index is 802. The van der Waals surface area contributed by atoms with Crippen LogP contribution in [-0.2, 0) is 19.1 Å². The first-order chi connectivity index (χ1) is 13.1. The monoisotopic (exact) mass is 367 g/mol. The molecule has 0 aromatic heterocycles. The number of ether oxygens (including phenoxy) is 2. The molecule has 2 aromatic carbocycles. The molecule has 6 heteroatoms. The normalized spacial score (nSPS) is 13.2. The minimum absolute atomic E-state index is 0.0452. The predicted octanol–water partition coefficient (Wildman–Crippen LogP) is 3.05. The molecule has 6 nitrogen and oxygen atoms in total. The molecule has 0 saturated heterocycles. The van der Waals surface area contributed by atoms with Gasteiger partial charge in [0.25, 0.3) is 0 Å². The van der Waals surface area contributed by atoms with Crippen molar-refractivity contribution in [1.82, 2.24) is 5.32 Å². The zero-order valence-electron chi connectivity index (χ0n) is 15.0. The second-order valence-corrected chi connectivity index (χ2v) is 6.33. The fourth-order valence-corrected chi connectivity index (χ4v) is 3.34. The summed E-state index contributed by atoms with van der Waals surface area (Å²) in [6.07, 6.45) is 0.118. The number of benzene rings is 2. The van der Waals surface area contributed by atoms with Gasteiger partial charge in [-0.15, -0.1) is 0 Å². The lowest BCUT2D eigenvalue weighted by molar-refractivity contribution is -0.140. The van der Waals surface area contributed by atoms with Crippen molar-refractivity contribution in [2.75, 3.05) is 13.7 Å². The molecule has 27 heavy (non-hydrogen) atoms. The van der Waals surface area contributed by atoms with Crippen molar-refractivity contribution in [2.24, 2.45) is 0 Å². The van der Waals surface area contributed by atoms with E-state index in [2.05, 4.69) is 22.2 Å². The number of fused-ring (bicyclic) bond motifs is 3. The van der Waals surface area contributed by atoms with Gasteiger partial charge in [-0.25, -0.2) is 4.79 Å². The Labute approximate surface area is 157 Å². The summed E-state index contributed by atoms with van der Waals surface area (Å²) in [6, 6.07) is 15.3. The minimum Gasteiger partial charge on any atom is -0.469 e. The van der Waals surface area contributed by atoms with E-state index in [0.29, 0.717) is 6.29 Å². The van der Waals surface area contributed by atoms with Crippen LogP contribution in [-0.4, -0.2) is 38.1 Å². The summed E-state index contributed by atoms with van der Waals surface area (Å²) in [5, 5.41) is 2.48. The first kappa shape index (κ1) is 18.6. The summed E-state index contributed by atoms with van der Waals surface area (Å²) < 4.78 is 9.91. The Kier molecular flexibility index (Phi) is 5.86. The third kappa shape index (κ3) is 4.16. The quantitative estimate of drug-likeness (QED) is 0.601. The summed E-state index contributed by atoms with van der Waals surface area (Å²) in [6.45, 7) is 0.169. The van der Waals surface area contributed by atoms with E-state index in [9.17, 15) is 14.4 Å². The summed E-state index contributed by atoms with van der Waals surface area (Å²) in [5.41, 5.74) is 4.52. The molecule has 0 aliphatic heterocycles. The average Bonchev–Trinajstić information content (AvgIpc) is 3.03. The van der Waals surface area contributed by atoms with Crippen LogP contribution in [0.5, 0.6) is 0 Å². The Balaban J connectivity index is 1.62. The third-order valence-corrected chi connectivity index (χ3v) is 4.70. The number of amides is 1. The van der Waals surface area contributed by atoms with Crippen molar-refractivity contribution in [1.29, 1.82) is 0 Å². The van der Waals surface area contributed by atoms with Crippen LogP contribution in [0.15, 0.2) is 48.5 Å². The molecule has 3 rings (SSSR count). The predicted molar refractivity (Wildman–Crippen MR) is 99.3 cm³/mol. The number of hydrogen-bond donors (Lipinski definition) is 1. The van der Waals surface area contributed by atoms with Crippen molar-refractivity contribution in [2.45, 2.75) is 24.8 Å². The van der Waals surface area contributed by atoms with E-state index < -0.39 is 18.1 Å². The van der Waals surface area contributed by atoms with Gasteiger partial charge in [-0.05, 0) is 28.7 Å². The Morgan fingerprint density at radius 3 is 2.22 bits per heavy atom. The fourth-order valence-electron chi connectivity index (χ4n) is 3.34. The van der Waals surface area contributed by atoms with Crippen molar-refractivity contribution >= 4 is 18.3 Å². The molecule has 0 fully saturated rings. The molecule has 1 amide bonds. The van der Waals surface area contributed by atoms with Crippen LogP contribution in [0.2, 0.25) is 0 Å². The molecule has 0 spiro atoms. The zero-order chi connectivity index (χ0) is 19.2. The SMILES string of the molecule is COC(=O)CC[C@@H](C=O)NC(=O)OCC1c2ccccc2-c2ccccc21. The van der Waals surface area contributed by atoms with Crippen molar-refractivity contribution in [3.8, 4) is 11.1 Å². The lowest BCUT2D eigenvalue weighted by atomic mass is 9.98. The van der Waals surface area contributed by atoms with Gasteiger partial charge in [0, 0.05) is 12.3 Å². The topological polar surface area (TPSA) is 81.7 Å². The van der Waals surface area contributed by atoms with Gasteiger partial charge >= 0.3 is 12.1 Å². The van der Waals surface area contributed by atoms with Gasteiger partial charge in [-0.3, -0.25) is 4.79 Å². The molecule has 0 saturated carbocycles. The molecule has 0 heterocycles. The first-order valence-corrected chi connectivity index (χ1v) is 8.77. The van der Waals surface area contributed by atoms with Crippen molar-refractivity contribution < 1.29 is 23.9 Å². The second-order valence-electron chi connectivity index (χ2n) is 6.33. The lowest BCUT2D eigenvalue weighted by Crippen LogP contribution is -2.37. The Morgan fingerprint density at radius 2 is 1.67 bits per heavy atom. The van der Waals surface area contributed by atoms with Gasteiger partial charge in [0.15, 0.2) is 0 Å². The summed E-state index contributed by atoms with van der Waals surface area (Å²) in [4.78, 5) is 34.4. The summed E-state index contributed by atoms with van der Waals surface area (Å²) >= 11 is 0. The molecule has 1 N–H and O–H groups in total. The van der Waals surface area contributed by atoms with Gasteiger partial charge in [0.2, 0.25) is 0 Å². The third-order valence-electron chi connectivity index (χ3n) is 4.70. The molecular formula is C21H21NO5. The van der Waals surface area contributed by atoms with Crippen LogP contribution in [0.3, 0.4) is 0 Å². The van der Waals surface area contributed by atoms with Gasteiger partial charge in [-0.2, -0.15) is 0 Å². The largest absolute Gasteiger partial charge is 0.469 e. The fraction of sp³-hybridized carbons (Fsp3) is 0.286. The van der Waals surface area contributed by atoms with Gasteiger partial charge in [0.05, 0.1) is 13.2 Å². The van der Waals surface area contributed by atoms with Crippen molar-refractivity contribution in [3.63, 3.8) is 0 Å². The van der Waals surface area contributed by atoms with E-state index in [1.54, 1.807) is 0 Å². The summed E-state index contributed by atoms with van der Waals surface area (Å²) in [5.74, 6) is -0.482. The summed E-state index contributed by atoms with van der Waals surface area (Å²) in [7, 11) is 1.28.